The van der Waals surface area contributed by atoms with E-state index in [9.17, 15) is 8.42 Å². The second-order valence-corrected chi connectivity index (χ2v) is 9.14. The monoisotopic (exact) mass is 423 g/mol. The van der Waals surface area contributed by atoms with Crippen LogP contribution in [0.15, 0.2) is 78.0 Å². The van der Waals surface area contributed by atoms with Crippen molar-refractivity contribution in [3.63, 3.8) is 0 Å². The van der Waals surface area contributed by atoms with Gasteiger partial charge in [-0.15, -0.1) is 0 Å². The third kappa shape index (κ3) is 4.23. The lowest BCUT2D eigenvalue weighted by Crippen LogP contribution is -2.05. The maximum absolute atomic E-state index is 11.9. The summed E-state index contributed by atoms with van der Waals surface area (Å²) in [4.78, 5) is 8.80. The molecule has 7 heteroatoms. The summed E-state index contributed by atoms with van der Waals surface area (Å²) in [5.41, 5.74) is 3.92. The maximum Gasteiger partial charge on any atom is 0.175 e. The zero-order valence-electron chi connectivity index (χ0n) is 15.6. The number of rotatable bonds is 5. The van der Waals surface area contributed by atoms with Gasteiger partial charge in [0.25, 0.3) is 0 Å². The molecule has 0 aliphatic rings. The van der Waals surface area contributed by atoms with Gasteiger partial charge in [-0.25, -0.2) is 18.4 Å². The minimum Gasteiger partial charge on any atom is -0.365 e. The molecule has 4 aromatic rings. The summed E-state index contributed by atoms with van der Waals surface area (Å²) < 4.78 is 23.8. The Morgan fingerprint density at radius 3 is 2.48 bits per heavy atom. The van der Waals surface area contributed by atoms with E-state index in [2.05, 4.69) is 21.4 Å². The van der Waals surface area contributed by atoms with Gasteiger partial charge in [-0.05, 0) is 47.0 Å². The SMILES string of the molecule is CS(=O)(=O)c1ccc2ncnc(NCc3ccccc3-c3ccc(Cl)cc3)c2c1. The van der Waals surface area contributed by atoms with E-state index >= 15 is 0 Å². The van der Waals surface area contributed by atoms with Gasteiger partial charge in [-0.2, -0.15) is 0 Å². The highest BCUT2D eigenvalue weighted by atomic mass is 35.5. The number of nitrogens with one attached hydrogen (secondary N) is 1. The number of sulfone groups is 1. The Kier molecular flexibility index (Phi) is 5.22. The van der Waals surface area contributed by atoms with Crippen LogP contribution in [0.1, 0.15) is 5.56 Å². The molecule has 0 aliphatic heterocycles. The molecule has 4 rings (SSSR count). The van der Waals surface area contributed by atoms with Gasteiger partial charge < -0.3 is 5.32 Å². The van der Waals surface area contributed by atoms with E-state index in [0.29, 0.717) is 28.3 Å². The number of fused-ring (bicyclic) bond motifs is 1. The van der Waals surface area contributed by atoms with E-state index in [4.69, 9.17) is 11.6 Å². The fourth-order valence-corrected chi connectivity index (χ4v) is 3.94. The van der Waals surface area contributed by atoms with Crippen LogP contribution in [0, 0.1) is 0 Å². The normalized spacial score (nSPS) is 11.5. The molecule has 1 heterocycles. The van der Waals surface area contributed by atoms with E-state index in [1.165, 1.54) is 12.6 Å². The Labute approximate surface area is 174 Å². The van der Waals surface area contributed by atoms with Crippen LogP contribution in [0.4, 0.5) is 5.82 Å². The Bertz CT molecular complexity index is 1290. The molecule has 1 aromatic heterocycles. The van der Waals surface area contributed by atoms with Crippen molar-refractivity contribution in [3.8, 4) is 11.1 Å². The van der Waals surface area contributed by atoms with Gasteiger partial charge in [0, 0.05) is 23.2 Å². The zero-order chi connectivity index (χ0) is 20.4. The van der Waals surface area contributed by atoms with Gasteiger partial charge in [-0.3, -0.25) is 0 Å². The van der Waals surface area contributed by atoms with E-state index in [1.807, 2.05) is 42.5 Å². The summed E-state index contributed by atoms with van der Waals surface area (Å²) in [5.74, 6) is 0.589. The van der Waals surface area contributed by atoms with Crippen molar-refractivity contribution in [2.45, 2.75) is 11.4 Å². The van der Waals surface area contributed by atoms with Gasteiger partial charge in [0.15, 0.2) is 9.84 Å². The molecule has 0 amide bonds. The Balaban J connectivity index is 1.68. The topological polar surface area (TPSA) is 72.0 Å². The fraction of sp³-hybridized carbons (Fsp3) is 0.0909. The van der Waals surface area contributed by atoms with Gasteiger partial charge in [0.05, 0.1) is 10.4 Å². The van der Waals surface area contributed by atoms with Gasteiger partial charge >= 0.3 is 0 Å². The minimum atomic E-state index is -3.32. The molecule has 1 N–H and O–H groups in total. The quantitative estimate of drug-likeness (QED) is 0.490. The van der Waals surface area contributed by atoms with Crippen LogP contribution in [0.5, 0.6) is 0 Å². The van der Waals surface area contributed by atoms with Crippen molar-refractivity contribution in [2.24, 2.45) is 0 Å². The fourth-order valence-electron chi connectivity index (χ4n) is 3.17. The molecule has 0 saturated carbocycles. The van der Waals surface area contributed by atoms with Crippen molar-refractivity contribution in [1.82, 2.24) is 9.97 Å². The number of halogens is 1. The van der Waals surface area contributed by atoms with Crippen molar-refractivity contribution in [2.75, 3.05) is 11.6 Å². The van der Waals surface area contributed by atoms with Crippen LogP contribution >= 0.6 is 11.6 Å². The number of benzene rings is 3. The number of hydrogen-bond donors (Lipinski definition) is 1. The van der Waals surface area contributed by atoms with E-state index in [-0.39, 0.29) is 4.90 Å². The first kappa shape index (κ1) is 19.4. The van der Waals surface area contributed by atoms with Gasteiger partial charge in [0.2, 0.25) is 0 Å². The van der Waals surface area contributed by atoms with E-state index < -0.39 is 9.84 Å². The lowest BCUT2D eigenvalue weighted by Gasteiger charge is -2.13. The summed E-state index contributed by atoms with van der Waals surface area (Å²) in [6.45, 7) is 0.522. The highest BCUT2D eigenvalue weighted by molar-refractivity contribution is 7.90. The highest BCUT2D eigenvalue weighted by Gasteiger charge is 2.12. The zero-order valence-corrected chi connectivity index (χ0v) is 17.2. The number of aromatic nitrogens is 2. The van der Waals surface area contributed by atoms with Crippen molar-refractivity contribution < 1.29 is 8.42 Å². The number of hydrogen-bond acceptors (Lipinski definition) is 5. The molecular weight excluding hydrogens is 406 g/mol. The van der Waals surface area contributed by atoms with Crippen LogP contribution in [-0.4, -0.2) is 24.6 Å². The van der Waals surface area contributed by atoms with Gasteiger partial charge in [0.1, 0.15) is 12.1 Å². The third-order valence-electron chi connectivity index (χ3n) is 4.65. The summed E-state index contributed by atoms with van der Waals surface area (Å²) in [6.07, 6.45) is 2.66. The largest absolute Gasteiger partial charge is 0.365 e. The predicted octanol–water partition coefficient (Wildman–Crippen LogP) is 4.97. The number of anilines is 1. The molecule has 0 bridgehead atoms. The molecular formula is C22H18ClN3O2S. The molecule has 0 radical (unpaired) electrons. The molecule has 0 atom stereocenters. The first-order valence-corrected chi connectivity index (χ1v) is 11.2. The first-order valence-electron chi connectivity index (χ1n) is 8.94. The standard InChI is InChI=1S/C22H18ClN3O2S/c1-29(27,28)18-10-11-21-20(12-18)22(26-14-25-21)24-13-16-4-2-3-5-19(16)15-6-8-17(23)9-7-15/h2-12,14H,13H2,1H3,(H,24,25,26). The van der Waals surface area contributed by atoms with Crippen molar-refractivity contribution in [1.29, 1.82) is 0 Å². The Morgan fingerprint density at radius 1 is 0.966 bits per heavy atom. The second kappa shape index (κ2) is 7.81. The first-order chi connectivity index (χ1) is 13.9. The van der Waals surface area contributed by atoms with Crippen LogP contribution in [-0.2, 0) is 16.4 Å². The molecule has 146 valence electrons. The molecule has 0 saturated heterocycles. The predicted molar refractivity (Wildman–Crippen MR) is 117 cm³/mol. The molecule has 29 heavy (non-hydrogen) atoms. The average molecular weight is 424 g/mol. The highest BCUT2D eigenvalue weighted by Crippen LogP contribution is 2.27. The minimum absolute atomic E-state index is 0.240. The summed E-state index contributed by atoms with van der Waals surface area (Å²) >= 11 is 6.01. The van der Waals surface area contributed by atoms with Crippen molar-refractivity contribution in [3.05, 3.63) is 83.6 Å². The Hall–Kier alpha value is -2.96. The van der Waals surface area contributed by atoms with Crippen LogP contribution in [0.2, 0.25) is 5.02 Å². The Morgan fingerprint density at radius 2 is 1.72 bits per heavy atom. The average Bonchev–Trinajstić information content (AvgIpc) is 2.72. The second-order valence-electron chi connectivity index (χ2n) is 6.69. The maximum atomic E-state index is 11.9. The molecule has 0 fully saturated rings. The lowest BCUT2D eigenvalue weighted by atomic mass is 10.00. The number of nitrogens with zero attached hydrogens (tertiary/aromatic N) is 2. The van der Waals surface area contributed by atoms with Crippen LogP contribution < -0.4 is 5.32 Å². The van der Waals surface area contributed by atoms with Crippen molar-refractivity contribution >= 4 is 38.2 Å². The summed E-state index contributed by atoms with van der Waals surface area (Å²) in [5, 5.41) is 4.69. The van der Waals surface area contributed by atoms with Crippen LogP contribution in [0.3, 0.4) is 0 Å². The lowest BCUT2D eigenvalue weighted by molar-refractivity contribution is 0.602. The van der Waals surface area contributed by atoms with E-state index in [1.54, 1.807) is 18.2 Å². The molecule has 5 nitrogen and oxygen atoms in total. The van der Waals surface area contributed by atoms with Gasteiger partial charge in [-0.1, -0.05) is 48.0 Å². The molecule has 0 unspecified atom stereocenters. The van der Waals surface area contributed by atoms with Crippen LogP contribution in [0.25, 0.3) is 22.0 Å². The molecule has 3 aromatic carbocycles. The smallest absolute Gasteiger partial charge is 0.175 e. The molecule has 0 aliphatic carbocycles. The third-order valence-corrected chi connectivity index (χ3v) is 6.02. The molecule has 0 spiro atoms. The van der Waals surface area contributed by atoms with E-state index in [0.717, 1.165) is 16.7 Å². The summed E-state index contributed by atoms with van der Waals surface area (Å²) in [6, 6.07) is 20.6. The summed E-state index contributed by atoms with van der Waals surface area (Å²) in [7, 11) is -3.32.